The predicted molar refractivity (Wildman–Crippen MR) is 83.7 cm³/mol. The molecule has 3 rings (SSSR count). The molecule has 0 atom stereocenters. The summed E-state index contributed by atoms with van der Waals surface area (Å²) in [6.07, 6.45) is 3.09. The molecular formula is C17H23N3O. The number of methoxy groups -OCH3 is 1. The van der Waals surface area contributed by atoms with Gasteiger partial charge >= 0.3 is 0 Å². The quantitative estimate of drug-likeness (QED) is 0.916. The van der Waals surface area contributed by atoms with Gasteiger partial charge < -0.3 is 14.6 Å². The Morgan fingerprint density at radius 3 is 3.10 bits per heavy atom. The minimum Gasteiger partial charge on any atom is -0.497 e. The number of ether oxygens (including phenoxy) is 1. The highest BCUT2D eigenvalue weighted by Crippen LogP contribution is 2.19. The molecule has 4 heteroatoms. The van der Waals surface area contributed by atoms with Crippen molar-refractivity contribution in [1.29, 1.82) is 0 Å². The number of fused-ring (bicyclic) bond motifs is 1. The fraction of sp³-hybridized carbons (Fsp3) is 0.471. The molecule has 1 aromatic carbocycles. The Balaban J connectivity index is 1.79. The molecule has 1 aromatic heterocycles. The van der Waals surface area contributed by atoms with E-state index in [9.17, 15) is 0 Å². The number of aromatic nitrogens is 2. The van der Waals surface area contributed by atoms with Crippen molar-refractivity contribution in [2.45, 2.75) is 39.3 Å². The summed E-state index contributed by atoms with van der Waals surface area (Å²) in [6, 6.07) is 8.34. The van der Waals surface area contributed by atoms with Gasteiger partial charge in [-0.15, -0.1) is 0 Å². The van der Waals surface area contributed by atoms with Crippen molar-refractivity contribution in [1.82, 2.24) is 14.9 Å². The second-order valence-electron chi connectivity index (χ2n) is 5.45. The van der Waals surface area contributed by atoms with Crippen LogP contribution in [-0.2, 0) is 32.4 Å². The van der Waals surface area contributed by atoms with Crippen molar-refractivity contribution in [3.8, 4) is 5.75 Å². The van der Waals surface area contributed by atoms with Crippen molar-refractivity contribution in [3.05, 3.63) is 47.0 Å². The first-order valence-electron chi connectivity index (χ1n) is 7.72. The highest BCUT2D eigenvalue weighted by atomic mass is 16.5. The SMILES string of the molecule is CCc1nc2c(n1CCc1cccc(OC)c1)CCNC2. The lowest BCUT2D eigenvalue weighted by Crippen LogP contribution is -2.25. The third-order valence-electron chi connectivity index (χ3n) is 4.14. The van der Waals surface area contributed by atoms with Crippen molar-refractivity contribution >= 4 is 0 Å². The van der Waals surface area contributed by atoms with E-state index < -0.39 is 0 Å². The summed E-state index contributed by atoms with van der Waals surface area (Å²) in [5.74, 6) is 2.15. The number of imidazole rings is 1. The zero-order valence-electron chi connectivity index (χ0n) is 12.9. The Hall–Kier alpha value is -1.81. The van der Waals surface area contributed by atoms with E-state index in [1.54, 1.807) is 7.11 Å². The van der Waals surface area contributed by atoms with Crippen LogP contribution in [0.4, 0.5) is 0 Å². The Kier molecular flexibility index (Phi) is 4.25. The Morgan fingerprint density at radius 1 is 1.38 bits per heavy atom. The number of aryl methyl sites for hydroxylation is 2. The Bertz CT molecular complexity index is 618. The molecule has 2 aromatic rings. The minimum atomic E-state index is 0.911. The van der Waals surface area contributed by atoms with Crippen LogP contribution < -0.4 is 10.1 Å². The average molecular weight is 285 g/mol. The van der Waals surface area contributed by atoms with Crippen LogP contribution in [-0.4, -0.2) is 23.2 Å². The summed E-state index contributed by atoms with van der Waals surface area (Å²) in [5, 5.41) is 3.40. The molecule has 21 heavy (non-hydrogen) atoms. The molecule has 0 saturated heterocycles. The first-order valence-corrected chi connectivity index (χ1v) is 7.72. The monoisotopic (exact) mass is 285 g/mol. The topological polar surface area (TPSA) is 39.1 Å². The summed E-state index contributed by atoms with van der Waals surface area (Å²) in [6.45, 7) is 5.15. The van der Waals surface area contributed by atoms with Gasteiger partial charge in [0.2, 0.25) is 0 Å². The van der Waals surface area contributed by atoms with E-state index in [1.165, 1.54) is 22.8 Å². The second kappa shape index (κ2) is 6.31. The van der Waals surface area contributed by atoms with Crippen LogP contribution in [0.25, 0.3) is 0 Å². The van der Waals surface area contributed by atoms with Crippen LogP contribution in [0.3, 0.4) is 0 Å². The highest BCUT2D eigenvalue weighted by Gasteiger charge is 2.18. The summed E-state index contributed by atoms with van der Waals surface area (Å²) >= 11 is 0. The van der Waals surface area contributed by atoms with Gasteiger partial charge in [-0.2, -0.15) is 0 Å². The highest BCUT2D eigenvalue weighted by molar-refractivity contribution is 5.29. The van der Waals surface area contributed by atoms with Gasteiger partial charge in [0.1, 0.15) is 11.6 Å². The zero-order valence-corrected chi connectivity index (χ0v) is 12.9. The molecule has 0 bridgehead atoms. The maximum atomic E-state index is 5.30. The molecule has 0 fully saturated rings. The molecular weight excluding hydrogens is 262 g/mol. The van der Waals surface area contributed by atoms with Crippen molar-refractivity contribution in [2.24, 2.45) is 0 Å². The third kappa shape index (κ3) is 2.95. The molecule has 0 aliphatic carbocycles. The van der Waals surface area contributed by atoms with Gasteiger partial charge in [-0.3, -0.25) is 0 Å². The van der Waals surface area contributed by atoms with E-state index in [0.717, 1.165) is 44.6 Å². The molecule has 1 aliphatic heterocycles. The molecule has 0 radical (unpaired) electrons. The Labute approximate surface area is 126 Å². The lowest BCUT2D eigenvalue weighted by atomic mass is 10.1. The fourth-order valence-electron chi connectivity index (χ4n) is 3.03. The van der Waals surface area contributed by atoms with Crippen LogP contribution in [0.2, 0.25) is 0 Å². The summed E-state index contributed by atoms with van der Waals surface area (Å²) in [7, 11) is 1.72. The Morgan fingerprint density at radius 2 is 2.29 bits per heavy atom. The summed E-state index contributed by atoms with van der Waals surface area (Å²) in [5.41, 5.74) is 3.98. The lowest BCUT2D eigenvalue weighted by Gasteiger charge is -2.16. The van der Waals surface area contributed by atoms with Crippen LogP contribution in [0.5, 0.6) is 5.75 Å². The van der Waals surface area contributed by atoms with Crippen LogP contribution >= 0.6 is 0 Å². The maximum absolute atomic E-state index is 5.30. The normalized spacial score (nSPS) is 14.0. The van der Waals surface area contributed by atoms with Gasteiger partial charge in [0, 0.05) is 38.2 Å². The number of hydrogen-bond donors (Lipinski definition) is 1. The van der Waals surface area contributed by atoms with Gasteiger partial charge in [0.25, 0.3) is 0 Å². The van der Waals surface area contributed by atoms with E-state index in [2.05, 4.69) is 35.0 Å². The van der Waals surface area contributed by atoms with Crippen molar-refractivity contribution in [2.75, 3.05) is 13.7 Å². The summed E-state index contributed by atoms with van der Waals surface area (Å²) < 4.78 is 7.73. The molecule has 4 nitrogen and oxygen atoms in total. The van der Waals surface area contributed by atoms with E-state index in [4.69, 9.17) is 9.72 Å². The van der Waals surface area contributed by atoms with Gasteiger partial charge in [-0.1, -0.05) is 19.1 Å². The maximum Gasteiger partial charge on any atom is 0.119 e. The molecule has 0 unspecified atom stereocenters. The molecule has 1 N–H and O–H groups in total. The summed E-state index contributed by atoms with van der Waals surface area (Å²) in [4.78, 5) is 4.79. The molecule has 112 valence electrons. The zero-order chi connectivity index (χ0) is 14.7. The standard InChI is InChI=1S/C17H23N3O/c1-3-17-19-15-12-18-9-7-16(15)20(17)10-8-13-5-4-6-14(11-13)21-2/h4-6,11,18H,3,7-10,12H2,1-2H3. The number of hydrogen-bond acceptors (Lipinski definition) is 3. The molecule has 0 spiro atoms. The first kappa shape index (κ1) is 14.1. The second-order valence-corrected chi connectivity index (χ2v) is 5.45. The van der Waals surface area contributed by atoms with Crippen LogP contribution in [0, 0.1) is 0 Å². The lowest BCUT2D eigenvalue weighted by molar-refractivity contribution is 0.414. The largest absolute Gasteiger partial charge is 0.497 e. The fourth-order valence-corrected chi connectivity index (χ4v) is 3.03. The average Bonchev–Trinajstić information content (AvgIpc) is 2.91. The number of rotatable bonds is 5. The van der Waals surface area contributed by atoms with E-state index in [1.807, 2.05) is 6.07 Å². The number of nitrogens with one attached hydrogen (secondary N) is 1. The molecule has 1 aliphatic rings. The van der Waals surface area contributed by atoms with Gasteiger partial charge in [0.15, 0.2) is 0 Å². The van der Waals surface area contributed by atoms with Crippen LogP contribution in [0.1, 0.15) is 29.7 Å². The van der Waals surface area contributed by atoms with Gasteiger partial charge in [-0.05, 0) is 24.1 Å². The van der Waals surface area contributed by atoms with Crippen molar-refractivity contribution in [3.63, 3.8) is 0 Å². The first-order chi connectivity index (χ1) is 10.3. The minimum absolute atomic E-state index is 0.911. The number of nitrogens with zero attached hydrogens (tertiary/aromatic N) is 2. The molecule has 0 amide bonds. The molecule has 2 heterocycles. The van der Waals surface area contributed by atoms with Gasteiger partial charge in [-0.25, -0.2) is 4.98 Å². The van der Waals surface area contributed by atoms with Crippen LogP contribution in [0.15, 0.2) is 24.3 Å². The van der Waals surface area contributed by atoms with Gasteiger partial charge in [0.05, 0.1) is 12.8 Å². The third-order valence-corrected chi connectivity index (χ3v) is 4.14. The van der Waals surface area contributed by atoms with Crippen molar-refractivity contribution < 1.29 is 4.74 Å². The van der Waals surface area contributed by atoms with E-state index in [0.29, 0.717) is 0 Å². The van der Waals surface area contributed by atoms with E-state index >= 15 is 0 Å². The molecule has 0 saturated carbocycles. The number of benzene rings is 1. The smallest absolute Gasteiger partial charge is 0.119 e. The van der Waals surface area contributed by atoms with E-state index in [-0.39, 0.29) is 0 Å². The predicted octanol–water partition coefficient (Wildman–Crippen LogP) is 2.34.